The number of carbonyl (C=O) groups excluding carboxylic acids is 1. The summed E-state index contributed by atoms with van der Waals surface area (Å²) >= 11 is 0. The predicted molar refractivity (Wildman–Crippen MR) is 108 cm³/mol. The van der Waals surface area contributed by atoms with Crippen LogP contribution in [-0.2, 0) is 0 Å². The van der Waals surface area contributed by atoms with E-state index in [0.717, 1.165) is 33.5 Å². The van der Waals surface area contributed by atoms with Crippen molar-refractivity contribution in [2.24, 2.45) is 0 Å². The van der Waals surface area contributed by atoms with Crippen molar-refractivity contribution in [3.8, 4) is 0 Å². The molecule has 2 aromatic carbocycles. The van der Waals surface area contributed by atoms with E-state index >= 15 is 0 Å². The van der Waals surface area contributed by atoms with Crippen molar-refractivity contribution >= 4 is 33.9 Å². The van der Waals surface area contributed by atoms with Crippen LogP contribution in [0.1, 0.15) is 16.1 Å². The first kappa shape index (κ1) is 16.7. The van der Waals surface area contributed by atoms with E-state index in [-0.39, 0.29) is 5.91 Å². The van der Waals surface area contributed by atoms with E-state index in [4.69, 9.17) is 0 Å². The number of nitrogens with zero attached hydrogens (tertiary/aromatic N) is 2. The van der Waals surface area contributed by atoms with Crippen molar-refractivity contribution in [3.05, 3.63) is 90.4 Å². The minimum atomic E-state index is -0.239. The Morgan fingerprint density at radius 2 is 1.63 bits per heavy atom. The highest BCUT2D eigenvalue weighted by atomic mass is 16.1. The van der Waals surface area contributed by atoms with E-state index in [9.17, 15) is 4.79 Å². The molecule has 0 aliphatic rings. The number of amides is 1. The van der Waals surface area contributed by atoms with Crippen molar-refractivity contribution in [3.63, 3.8) is 0 Å². The van der Waals surface area contributed by atoms with Crippen molar-refractivity contribution in [2.45, 2.75) is 6.92 Å². The summed E-state index contributed by atoms with van der Waals surface area (Å²) in [7, 11) is 0. The second-order valence-electron chi connectivity index (χ2n) is 6.26. The van der Waals surface area contributed by atoms with Gasteiger partial charge in [0.1, 0.15) is 5.69 Å². The van der Waals surface area contributed by atoms with Crippen LogP contribution in [-0.4, -0.2) is 15.9 Å². The molecular formula is C22H18N4O. The van der Waals surface area contributed by atoms with Crippen LogP contribution in [0.3, 0.4) is 0 Å². The third-order valence-electron chi connectivity index (χ3n) is 4.22. The Bertz CT molecular complexity index is 1080. The lowest BCUT2D eigenvalue weighted by Crippen LogP contribution is -2.13. The zero-order chi connectivity index (χ0) is 18.6. The molecule has 0 aliphatic heterocycles. The van der Waals surface area contributed by atoms with Crippen LogP contribution in [0.25, 0.3) is 10.9 Å². The quantitative estimate of drug-likeness (QED) is 0.545. The topological polar surface area (TPSA) is 66.9 Å². The van der Waals surface area contributed by atoms with Crippen LogP contribution in [0, 0.1) is 6.92 Å². The Morgan fingerprint density at radius 1 is 0.852 bits per heavy atom. The smallest absolute Gasteiger partial charge is 0.274 e. The Morgan fingerprint density at radius 3 is 2.41 bits per heavy atom. The number of fused-ring (bicyclic) bond motifs is 1. The lowest BCUT2D eigenvalue weighted by molar-refractivity contribution is 0.102. The van der Waals surface area contributed by atoms with Gasteiger partial charge in [-0.2, -0.15) is 0 Å². The Labute approximate surface area is 157 Å². The molecule has 0 spiro atoms. The number of para-hydroxylation sites is 1. The van der Waals surface area contributed by atoms with Gasteiger partial charge in [-0.25, -0.2) is 4.98 Å². The third kappa shape index (κ3) is 3.77. The zero-order valence-corrected chi connectivity index (χ0v) is 14.8. The first-order chi connectivity index (χ1) is 13.2. The van der Waals surface area contributed by atoms with Gasteiger partial charge in [-0.3, -0.25) is 9.78 Å². The fourth-order valence-electron chi connectivity index (χ4n) is 2.79. The molecule has 0 aliphatic carbocycles. The molecule has 132 valence electrons. The lowest BCUT2D eigenvalue weighted by Gasteiger charge is -2.09. The summed E-state index contributed by atoms with van der Waals surface area (Å²) in [6.45, 7) is 2.00. The molecule has 0 bridgehead atoms. The normalized spacial score (nSPS) is 10.6. The van der Waals surface area contributed by atoms with Crippen LogP contribution in [0.5, 0.6) is 0 Å². The fraction of sp³-hybridized carbons (Fsp3) is 0.0455. The summed E-state index contributed by atoms with van der Waals surface area (Å²) in [5.41, 5.74) is 4.83. The summed E-state index contributed by atoms with van der Waals surface area (Å²) in [4.78, 5) is 21.0. The van der Waals surface area contributed by atoms with Gasteiger partial charge in [-0.1, -0.05) is 35.9 Å². The molecule has 5 heteroatoms. The molecule has 0 saturated heterocycles. The molecule has 0 radical (unpaired) electrons. The van der Waals surface area contributed by atoms with E-state index in [2.05, 4.69) is 20.6 Å². The predicted octanol–water partition coefficient (Wildman–Crippen LogP) is 4.93. The maximum Gasteiger partial charge on any atom is 0.274 e. The average molecular weight is 354 g/mol. The third-order valence-corrected chi connectivity index (χ3v) is 4.22. The Kier molecular flexibility index (Phi) is 4.49. The van der Waals surface area contributed by atoms with Gasteiger partial charge in [0.25, 0.3) is 5.91 Å². The minimum absolute atomic E-state index is 0.239. The molecule has 5 nitrogen and oxygen atoms in total. The first-order valence-electron chi connectivity index (χ1n) is 8.64. The molecule has 0 unspecified atom stereocenters. The van der Waals surface area contributed by atoms with E-state index in [0.29, 0.717) is 5.69 Å². The summed E-state index contributed by atoms with van der Waals surface area (Å²) in [5.74, 6) is -0.239. The van der Waals surface area contributed by atoms with Crippen LogP contribution >= 0.6 is 0 Å². The van der Waals surface area contributed by atoms with Gasteiger partial charge in [0.05, 0.1) is 23.1 Å². The number of rotatable bonds is 4. The molecule has 0 atom stereocenters. The van der Waals surface area contributed by atoms with Gasteiger partial charge < -0.3 is 10.6 Å². The molecule has 27 heavy (non-hydrogen) atoms. The van der Waals surface area contributed by atoms with Gasteiger partial charge in [0.15, 0.2) is 0 Å². The molecule has 2 N–H and O–H groups in total. The van der Waals surface area contributed by atoms with Gasteiger partial charge in [-0.05, 0) is 43.3 Å². The molecule has 0 fully saturated rings. The largest absolute Gasteiger partial charge is 0.352 e. The van der Waals surface area contributed by atoms with Crippen molar-refractivity contribution in [2.75, 3.05) is 10.6 Å². The number of hydrogen-bond acceptors (Lipinski definition) is 4. The van der Waals surface area contributed by atoms with Gasteiger partial charge in [-0.15, -0.1) is 0 Å². The molecule has 4 rings (SSSR count). The second-order valence-corrected chi connectivity index (χ2v) is 6.26. The molecule has 1 amide bonds. The summed E-state index contributed by atoms with van der Waals surface area (Å²) in [6, 6.07) is 21.1. The lowest BCUT2D eigenvalue weighted by atomic mass is 10.2. The van der Waals surface area contributed by atoms with Crippen LogP contribution in [0.2, 0.25) is 0 Å². The number of nitrogens with one attached hydrogen (secondary N) is 2. The van der Waals surface area contributed by atoms with Crippen LogP contribution < -0.4 is 10.6 Å². The number of pyridine rings is 2. The summed E-state index contributed by atoms with van der Waals surface area (Å²) < 4.78 is 0. The van der Waals surface area contributed by atoms with Crippen molar-refractivity contribution in [1.29, 1.82) is 0 Å². The number of benzene rings is 2. The molecule has 0 saturated carbocycles. The van der Waals surface area contributed by atoms with E-state index in [1.807, 2.05) is 67.6 Å². The zero-order valence-electron chi connectivity index (χ0n) is 14.8. The van der Waals surface area contributed by atoms with Gasteiger partial charge >= 0.3 is 0 Å². The number of aromatic nitrogens is 2. The van der Waals surface area contributed by atoms with Crippen LogP contribution in [0.4, 0.5) is 17.1 Å². The number of carbonyl (C=O) groups is 1. The van der Waals surface area contributed by atoms with E-state index in [1.165, 1.54) is 0 Å². The number of aryl methyl sites for hydroxylation is 1. The Hall–Kier alpha value is -3.73. The fourth-order valence-corrected chi connectivity index (χ4v) is 2.79. The molecular weight excluding hydrogens is 336 g/mol. The van der Waals surface area contributed by atoms with Crippen LogP contribution in [0.15, 0.2) is 79.1 Å². The monoisotopic (exact) mass is 354 g/mol. The summed E-state index contributed by atoms with van der Waals surface area (Å²) in [6.07, 6.45) is 3.41. The maximum absolute atomic E-state index is 12.3. The number of anilines is 3. The summed E-state index contributed by atoms with van der Waals surface area (Å²) in [5, 5.41) is 7.22. The van der Waals surface area contributed by atoms with Gasteiger partial charge in [0, 0.05) is 17.3 Å². The van der Waals surface area contributed by atoms with Crippen molar-refractivity contribution < 1.29 is 4.79 Å². The first-order valence-corrected chi connectivity index (χ1v) is 8.64. The Balaban J connectivity index is 1.50. The highest BCUT2D eigenvalue weighted by molar-refractivity contribution is 6.03. The maximum atomic E-state index is 12.3. The highest BCUT2D eigenvalue weighted by Crippen LogP contribution is 2.24. The van der Waals surface area contributed by atoms with Crippen molar-refractivity contribution in [1.82, 2.24) is 9.97 Å². The average Bonchev–Trinajstić information content (AvgIpc) is 2.70. The standard InChI is InChI=1S/C22H18N4O/c1-15-7-9-17(10-8-15)26-22(27)20-12-11-18(14-24-20)25-19-6-2-4-16-5-3-13-23-21(16)19/h2-14,25H,1H3,(H,26,27). The molecule has 2 heterocycles. The van der Waals surface area contributed by atoms with E-state index in [1.54, 1.807) is 18.5 Å². The highest BCUT2D eigenvalue weighted by Gasteiger charge is 2.08. The molecule has 2 aromatic heterocycles. The molecule has 4 aromatic rings. The second kappa shape index (κ2) is 7.25. The minimum Gasteiger partial charge on any atom is -0.352 e. The SMILES string of the molecule is Cc1ccc(NC(=O)c2ccc(Nc3cccc4cccnc34)cn2)cc1. The number of hydrogen-bond donors (Lipinski definition) is 2. The van der Waals surface area contributed by atoms with Gasteiger partial charge in [0.2, 0.25) is 0 Å². The van der Waals surface area contributed by atoms with E-state index < -0.39 is 0 Å².